The highest BCUT2D eigenvalue weighted by atomic mass is 16.5. The fraction of sp³-hybridized carbons (Fsp3) is 0.172. The van der Waals surface area contributed by atoms with Crippen molar-refractivity contribution in [1.29, 1.82) is 0 Å². The predicted molar refractivity (Wildman–Crippen MR) is 144 cm³/mol. The van der Waals surface area contributed by atoms with Crippen LogP contribution in [-0.4, -0.2) is 27.9 Å². The average Bonchev–Trinajstić information content (AvgIpc) is 3.31. The number of nitrogens with zero attached hydrogens (tertiary/aromatic N) is 3. The number of hydrogen-bond donors (Lipinski definition) is 1. The minimum absolute atomic E-state index is 0.340. The molecule has 8 heteroatoms. The average molecular weight is 495 g/mol. The summed E-state index contributed by atoms with van der Waals surface area (Å²) in [7, 11) is 6.47. The predicted octanol–water partition coefficient (Wildman–Crippen LogP) is 4.23. The van der Waals surface area contributed by atoms with Crippen LogP contribution in [0, 0.1) is 0 Å². The SMILES string of the molecule is COc1ccc(OC)c(C2Nc3ccccc3-n3c(-c4ccccc4)c4c(=O)n(C)c(=O)n(C)c4c32)c1. The van der Waals surface area contributed by atoms with Gasteiger partial charge >= 0.3 is 5.69 Å². The molecule has 1 aliphatic heterocycles. The lowest BCUT2D eigenvalue weighted by molar-refractivity contribution is 0.397. The topological polar surface area (TPSA) is 79.4 Å². The lowest BCUT2D eigenvalue weighted by atomic mass is 9.98. The number of ether oxygens (including phenoxy) is 2. The second-order valence-corrected chi connectivity index (χ2v) is 9.07. The van der Waals surface area contributed by atoms with E-state index in [1.807, 2.05) is 72.8 Å². The van der Waals surface area contributed by atoms with Gasteiger partial charge in [0.2, 0.25) is 0 Å². The summed E-state index contributed by atoms with van der Waals surface area (Å²) in [6.45, 7) is 0. The number of aromatic nitrogens is 3. The first-order valence-corrected chi connectivity index (χ1v) is 11.9. The Morgan fingerprint density at radius 1 is 0.838 bits per heavy atom. The van der Waals surface area contributed by atoms with Gasteiger partial charge in [-0.05, 0) is 35.9 Å². The molecule has 0 radical (unpaired) electrons. The van der Waals surface area contributed by atoms with Gasteiger partial charge in [0.05, 0.1) is 53.9 Å². The molecule has 1 N–H and O–H groups in total. The van der Waals surface area contributed by atoms with Gasteiger partial charge in [0.1, 0.15) is 11.5 Å². The Bertz CT molecular complexity index is 1800. The van der Waals surface area contributed by atoms with E-state index < -0.39 is 6.04 Å². The van der Waals surface area contributed by atoms with Crippen molar-refractivity contribution in [2.45, 2.75) is 6.04 Å². The van der Waals surface area contributed by atoms with E-state index in [-0.39, 0.29) is 11.2 Å². The van der Waals surface area contributed by atoms with Crippen LogP contribution < -0.4 is 26.0 Å². The zero-order chi connectivity index (χ0) is 25.8. The quantitative estimate of drug-likeness (QED) is 0.405. The largest absolute Gasteiger partial charge is 0.497 e. The Morgan fingerprint density at radius 3 is 2.30 bits per heavy atom. The Balaban J connectivity index is 1.86. The van der Waals surface area contributed by atoms with E-state index in [0.717, 1.165) is 33.9 Å². The van der Waals surface area contributed by atoms with E-state index >= 15 is 0 Å². The monoisotopic (exact) mass is 494 g/mol. The number of aryl methyl sites for hydroxylation is 1. The third-order valence-corrected chi connectivity index (χ3v) is 7.12. The van der Waals surface area contributed by atoms with Gasteiger partial charge in [-0.2, -0.15) is 0 Å². The summed E-state index contributed by atoms with van der Waals surface area (Å²) in [6, 6.07) is 22.9. The number of hydrogen-bond acceptors (Lipinski definition) is 5. The molecule has 0 spiro atoms. The molecule has 8 nitrogen and oxygen atoms in total. The molecule has 0 amide bonds. The molecule has 3 heterocycles. The molecule has 1 unspecified atom stereocenters. The van der Waals surface area contributed by atoms with Crippen molar-refractivity contribution in [3.05, 3.63) is 105 Å². The van der Waals surface area contributed by atoms with Gasteiger partial charge in [-0.1, -0.05) is 42.5 Å². The zero-order valence-electron chi connectivity index (χ0n) is 21.0. The number of methoxy groups -OCH3 is 2. The maximum absolute atomic E-state index is 13.8. The second-order valence-electron chi connectivity index (χ2n) is 9.07. The molecule has 5 aromatic rings. The van der Waals surface area contributed by atoms with E-state index in [0.29, 0.717) is 22.4 Å². The number of rotatable bonds is 4. The molecule has 2 aromatic heterocycles. The summed E-state index contributed by atoms with van der Waals surface area (Å²) in [5.41, 5.74) is 4.84. The Hall–Kier alpha value is -4.72. The number of nitrogens with one attached hydrogen (secondary N) is 1. The summed E-state index contributed by atoms with van der Waals surface area (Å²) in [5, 5.41) is 4.14. The van der Waals surface area contributed by atoms with Crippen molar-refractivity contribution in [3.63, 3.8) is 0 Å². The van der Waals surface area contributed by atoms with Crippen LogP contribution >= 0.6 is 0 Å². The zero-order valence-corrected chi connectivity index (χ0v) is 21.0. The first kappa shape index (κ1) is 22.7. The molecule has 0 aliphatic carbocycles. The van der Waals surface area contributed by atoms with Crippen molar-refractivity contribution < 1.29 is 9.47 Å². The molecule has 0 bridgehead atoms. The van der Waals surface area contributed by atoms with E-state index in [1.165, 1.54) is 11.6 Å². The normalized spacial score (nSPS) is 14.1. The molecule has 186 valence electrons. The minimum atomic E-state index is -0.447. The van der Waals surface area contributed by atoms with Crippen LogP contribution in [0.2, 0.25) is 0 Å². The molecule has 1 atom stereocenters. The van der Waals surface area contributed by atoms with Gasteiger partial charge in [-0.15, -0.1) is 0 Å². The highest BCUT2D eigenvalue weighted by molar-refractivity contribution is 5.99. The number of para-hydroxylation sites is 2. The molecular weight excluding hydrogens is 468 g/mol. The summed E-state index contributed by atoms with van der Waals surface area (Å²) < 4.78 is 16.1. The third-order valence-electron chi connectivity index (χ3n) is 7.12. The first-order valence-electron chi connectivity index (χ1n) is 11.9. The molecular formula is C29H26N4O4. The third kappa shape index (κ3) is 3.22. The fourth-order valence-corrected chi connectivity index (χ4v) is 5.39. The number of anilines is 1. The molecule has 0 saturated heterocycles. The van der Waals surface area contributed by atoms with Crippen LogP contribution in [0.25, 0.3) is 27.8 Å². The van der Waals surface area contributed by atoms with Crippen molar-refractivity contribution >= 4 is 16.6 Å². The molecule has 0 fully saturated rings. The summed E-state index contributed by atoms with van der Waals surface area (Å²) in [5.74, 6) is 1.33. The van der Waals surface area contributed by atoms with Gasteiger partial charge in [-0.25, -0.2) is 4.79 Å². The Morgan fingerprint density at radius 2 is 1.57 bits per heavy atom. The highest BCUT2D eigenvalue weighted by Gasteiger charge is 2.36. The maximum atomic E-state index is 13.8. The number of fused-ring (bicyclic) bond motifs is 5. The van der Waals surface area contributed by atoms with Crippen molar-refractivity contribution in [1.82, 2.24) is 13.7 Å². The van der Waals surface area contributed by atoms with E-state index in [1.54, 1.807) is 25.8 Å². The van der Waals surface area contributed by atoms with Gasteiger partial charge in [0, 0.05) is 19.7 Å². The standard InChI is InChI=1S/C29H26N4O4/c1-31-26-23(28(34)32(2)29(31)35)25(17-10-6-5-7-11-17)33-21-13-9-8-12-20(21)30-24(27(26)33)19-16-18(36-3)14-15-22(19)37-4/h5-16,24,30H,1-4H3. The molecule has 6 rings (SSSR count). The molecule has 37 heavy (non-hydrogen) atoms. The number of benzene rings is 3. The summed E-state index contributed by atoms with van der Waals surface area (Å²) >= 11 is 0. The van der Waals surface area contributed by atoms with Crippen molar-refractivity contribution in [3.8, 4) is 28.4 Å². The summed E-state index contributed by atoms with van der Waals surface area (Å²) in [4.78, 5) is 27.0. The molecule has 1 aliphatic rings. The minimum Gasteiger partial charge on any atom is -0.497 e. The Labute approximate surface area is 212 Å². The van der Waals surface area contributed by atoms with Crippen LogP contribution in [0.5, 0.6) is 11.5 Å². The van der Waals surface area contributed by atoms with Crippen LogP contribution in [0.4, 0.5) is 5.69 Å². The lowest BCUT2D eigenvalue weighted by Crippen LogP contribution is -2.37. The first-order chi connectivity index (χ1) is 18.0. The van der Waals surface area contributed by atoms with Crippen LogP contribution in [0.3, 0.4) is 0 Å². The molecule has 0 saturated carbocycles. The van der Waals surface area contributed by atoms with E-state index in [4.69, 9.17) is 9.47 Å². The highest BCUT2D eigenvalue weighted by Crippen LogP contribution is 2.47. The van der Waals surface area contributed by atoms with Crippen LogP contribution in [0.15, 0.2) is 82.4 Å². The van der Waals surface area contributed by atoms with Gasteiger partial charge in [0.15, 0.2) is 0 Å². The molecule has 3 aromatic carbocycles. The van der Waals surface area contributed by atoms with Crippen LogP contribution in [0.1, 0.15) is 17.3 Å². The Kier molecular flexibility index (Phi) is 5.19. The van der Waals surface area contributed by atoms with Gasteiger partial charge in [-0.3, -0.25) is 13.9 Å². The maximum Gasteiger partial charge on any atom is 0.331 e. The smallest absolute Gasteiger partial charge is 0.331 e. The van der Waals surface area contributed by atoms with Crippen molar-refractivity contribution in [2.24, 2.45) is 14.1 Å². The fourth-order valence-electron chi connectivity index (χ4n) is 5.39. The van der Waals surface area contributed by atoms with Crippen LogP contribution in [-0.2, 0) is 14.1 Å². The second kappa shape index (κ2) is 8.44. The lowest BCUT2D eigenvalue weighted by Gasteiger charge is -2.32. The summed E-state index contributed by atoms with van der Waals surface area (Å²) in [6.07, 6.45) is 0. The van der Waals surface area contributed by atoms with Gasteiger partial charge in [0.25, 0.3) is 5.56 Å². The van der Waals surface area contributed by atoms with E-state index in [2.05, 4.69) is 9.88 Å². The van der Waals surface area contributed by atoms with Gasteiger partial charge < -0.3 is 19.4 Å². The van der Waals surface area contributed by atoms with Crippen molar-refractivity contribution in [2.75, 3.05) is 19.5 Å². The van der Waals surface area contributed by atoms with E-state index in [9.17, 15) is 9.59 Å².